The third-order valence-electron chi connectivity index (χ3n) is 4.89. The fourth-order valence-electron chi connectivity index (χ4n) is 3.33. The number of hydrogen-bond donors (Lipinski definition) is 0. The highest BCUT2D eigenvalue weighted by Gasteiger charge is 2.27. The van der Waals surface area contributed by atoms with Gasteiger partial charge >= 0.3 is 0 Å². The number of rotatable bonds is 2. The molecular formula is C18H23NOS. The summed E-state index contributed by atoms with van der Waals surface area (Å²) in [5.41, 5.74) is 1.14. The monoisotopic (exact) mass is 301 g/mol. The van der Waals surface area contributed by atoms with Crippen LogP contribution in [0.1, 0.15) is 47.8 Å². The molecule has 112 valence electrons. The number of fused-ring (bicyclic) bond motifs is 1. The lowest BCUT2D eigenvalue weighted by Crippen LogP contribution is -2.39. The maximum absolute atomic E-state index is 12.9. The first-order valence-corrected chi connectivity index (χ1v) is 8.65. The van der Waals surface area contributed by atoms with Crippen LogP contribution in [0.5, 0.6) is 0 Å². The predicted octanol–water partition coefficient (Wildman–Crippen LogP) is 4.86. The van der Waals surface area contributed by atoms with Crippen LogP contribution in [0.4, 0.5) is 0 Å². The smallest absolute Gasteiger partial charge is 0.264 e. The molecule has 1 fully saturated rings. The predicted molar refractivity (Wildman–Crippen MR) is 90.1 cm³/mol. The lowest BCUT2D eigenvalue weighted by Gasteiger charge is -2.33. The molecule has 1 heterocycles. The highest BCUT2D eigenvalue weighted by Crippen LogP contribution is 2.33. The van der Waals surface area contributed by atoms with Crippen molar-refractivity contribution in [2.75, 3.05) is 7.05 Å². The standard InChI is InChI=1S/C18H23NOS/c1-12-8-10-14(11-9-12)19(3)18(20)17-13(2)15-6-4-5-7-16(15)21-17/h4-7,12,14H,8-11H2,1-3H3. The van der Waals surface area contributed by atoms with Crippen LogP contribution < -0.4 is 0 Å². The van der Waals surface area contributed by atoms with Crippen LogP contribution in [0, 0.1) is 12.8 Å². The summed E-state index contributed by atoms with van der Waals surface area (Å²) in [5, 5.41) is 1.22. The molecule has 0 spiro atoms. The Morgan fingerprint density at radius 3 is 2.52 bits per heavy atom. The highest BCUT2D eigenvalue weighted by atomic mass is 32.1. The molecule has 1 aliphatic carbocycles. The Hall–Kier alpha value is -1.35. The molecule has 0 saturated heterocycles. The van der Waals surface area contributed by atoms with E-state index in [1.165, 1.54) is 22.9 Å². The summed E-state index contributed by atoms with van der Waals surface area (Å²) in [6.07, 6.45) is 4.78. The molecule has 1 aliphatic rings. The van der Waals surface area contributed by atoms with Crippen molar-refractivity contribution in [1.29, 1.82) is 0 Å². The summed E-state index contributed by atoms with van der Waals surface area (Å²) in [7, 11) is 1.98. The molecule has 3 heteroatoms. The van der Waals surface area contributed by atoms with Crippen LogP contribution in [0.15, 0.2) is 24.3 Å². The van der Waals surface area contributed by atoms with Crippen molar-refractivity contribution in [3.05, 3.63) is 34.7 Å². The molecule has 0 N–H and O–H groups in total. The number of nitrogens with zero attached hydrogens (tertiary/aromatic N) is 1. The zero-order valence-electron chi connectivity index (χ0n) is 13.1. The Bertz CT molecular complexity index is 652. The number of thiophene rings is 1. The van der Waals surface area contributed by atoms with Gasteiger partial charge in [0.05, 0.1) is 4.88 Å². The summed E-state index contributed by atoms with van der Waals surface area (Å²) in [6, 6.07) is 8.71. The van der Waals surface area contributed by atoms with Crippen molar-refractivity contribution < 1.29 is 4.79 Å². The molecule has 0 aliphatic heterocycles. The van der Waals surface area contributed by atoms with Crippen LogP contribution in [0.25, 0.3) is 10.1 Å². The Balaban J connectivity index is 1.84. The van der Waals surface area contributed by atoms with Gasteiger partial charge in [0, 0.05) is 17.8 Å². The zero-order chi connectivity index (χ0) is 15.0. The van der Waals surface area contributed by atoms with E-state index in [-0.39, 0.29) is 5.91 Å². The Kier molecular flexibility index (Phi) is 4.03. The van der Waals surface area contributed by atoms with Gasteiger partial charge in [0.15, 0.2) is 0 Å². The minimum atomic E-state index is 0.202. The van der Waals surface area contributed by atoms with Crippen molar-refractivity contribution in [1.82, 2.24) is 4.90 Å². The maximum Gasteiger partial charge on any atom is 0.264 e. The van der Waals surface area contributed by atoms with E-state index in [1.807, 2.05) is 24.1 Å². The van der Waals surface area contributed by atoms with Gasteiger partial charge in [0.25, 0.3) is 5.91 Å². The van der Waals surface area contributed by atoms with Crippen molar-refractivity contribution in [3.8, 4) is 0 Å². The van der Waals surface area contributed by atoms with E-state index in [0.717, 1.165) is 29.2 Å². The first kappa shape index (κ1) is 14.6. The quantitative estimate of drug-likeness (QED) is 0.775. The summed E-state index contributed by atoms with van der Waals surface area (Å²) in [6.45, 7) is 4.39. The fraction of sp³-hybridized carbons (Fsp3) is 0.500. The van der Waals surface area contributed by atoms with Gasteiger partial charge in [-0.2, -0.15) is 0 Å². The SMILES string of the molecule is Cc1c(C(=O)N(C)C2CCC(C)CC2)sc2ccccc12. The van der Waals surface area contributed by atoms with Gasteiger partial charge in [-0.05, 0) is 55.5 Å². The second-order valence-corrected chi connectivity index (χ2v) is 7.43. The average Bonchev–Trinajstić information content (AvgIpc) is 2.84. The van der Waals surface area contributed by atoms with Gasteiger partial charge < -0.3 is 4.90 Å². The molecule has 0 bridgehead atoms. The molecule has 21 heavy (non-hydrogen) atoms. The van der Waals surface area contributed by atoms with Crippen molar-refractivity contribution >= 4 is 27.3 Å². The number of carbonyl (C=O) groups is 1. The van der Waals surface area contributed by atoms with Crippen LogP contribution in [0.2, 0.25) is 0 Å². The number of carbonyl (C=O) groups excluding carboxylic acids is 1. The molecule has 1 aromatic heterocycles. The van der Waals surface area contributed by atoms with E-state index in [1.54, 1.807) is 11.3 Å². The number of aryl methyl sites for hydroxylation is 1. The van der Waals surface area contributed by atoms with Crippen molar-refractivity contribution in [2.45, 2.75) is 45.6 Å². The summed E-state index contributed by atoms with van der Waals surface area (Å²) >= 11 is 1.63. The van der Waals surface area contributed by atoms with Gasteiger partial charge in [0.1, 0.15) is 0 Å². The topological polar surface area (TPSA) is 20.3 Å². The second kappa shape index (κ2) is 5.80. The fourth-order valence-corrected chi connectivity index (χ4v) is 4.53. The molecule has 2 aromatic rings. The Morgan fingerprint density at radius 1 is 1.19 bits per heavy atom. The molecule has 2 nitrogen and oxygen atoms in total. The first-order chi connectivity index (χ1) is 10.1. The average molecular weight is 301 g/mol. The van der Waals surface area contributed by atoms with Gasteiger partial charge in [-0.15, -0.1) is 11.3 Å². The number of amides is 1. The first-order valence-electron chi connectivity index (χ1n) is 7.83. The highest BCUT2D eigenvalue weighted by molar-refractivity contribution is 7.21. The Labute approximate surface area is 130 Å². The molecule has 1 amide bonds. The minimum Gasteiger partial charge on any atom is -0.338 e. The summed E-state index contributed by atoms with van der Waals surface area (Å²) in [5.74, 6) is 1.02. The molecule has 0 atom stereocenters. The van der Waals surface area contributed by atoms with Crippen LogP contribution in [0.3, 0.4) is 0 Å². The lowest BCUT2D eigenvalue weighted by atomic mass is 9.86. The van der Waals surface area contributed by atoms with Crippen LogP contribution >= 0.6 is 11.3 Å². The molecular weight excluding hydrogens is 278 g/mol. The summed E-state index contributed by atoms with van der Waals surface area (Å²) < 4.78 is 1.21. The van der Waals surface area contributed by atoms with E-state index in [0.29, 0.717) is 6.04 Å². The third kappa shape index (κ3) is 2.71. The molecule has 1 saturated carbocycles. The lowest BCUT2D eigenvalue weighted by molar-refractivity contribution is 0.0684. The molecule has 0 unspecified atom stereocenters. The molecule has 3 rings (SSSR count). The zero-order valence-corrected chi connectivity index (χ0v) is 13.9. The van der Waals surface area contributed by atoms with Crippen molar-refractivity contribution in [2.24, 2.45) is 5.92 Å². The summed E-state index contributed by atoms with van der Waals surface area (Å²) in [4.78, 5) is 15.8. The molecule has 0 radical (unpaired) electrons. The second-order valence-electron chi connectivity index (χ2n) is 6.38. The van der Waals surface area contributed by atoms with E-state index in [9.17, 15) is 4.79 Å². The Morgan fingerprint density at radius 2 is 1.86 bits per heavy atom. The van der Waals surface area contributed by atoms with Crippen LogP contribution in [-0.2, 0) is 0 Å². The van der Waals surface area contributed by atoms with Gasteiger partial charge in [0.2, 0.25) is 0 Å². The maximum atomic E-state index is 12.9. The van der Waals surface area contributed by atoms with E-state index < -0.39 is 0 Å². The normalized spacial score (nSPS) is 22.4. The van der Waals surface area contributed by atoms with E-state index >= 15 is 0 Å². The van der Waals surface area contributed by atoms with Gasteiger partial charge in [-0.25, -0.2) is 0 Å². The van der Waals surface area contributed by atoms with Gasteiger partial charge in [-0.3, -0.25) is 4.79 Å². The van der Waals surface area contributed by atoms with E-state index in [2.05, 4.69) is 26.0 Å². The largest absolute Gasteiger partial charge is 0.338 e. The van der Waals surface area contributed by atoms with Gasteiger partial charge in [-0.1, -0.05) is 25.1 Å². The number of hydrogen-bond acceptors (Lipinski definition) is 2. The number of benzene rings is 1. The third-order valence-corrected chi connectivity index (χ3v) is 6.15. The van der Waals surface area contributed by atoms with Crippen molar-refractivity contribution in [3.63, 3.8) is 0 Å². The van der Waals surface area contributed by atoms with Crippen LogP contribution in [-0.4, -0.2) is 23.9 Å². The molecule has 1 aromatic carbocycles. The van der Waals surface area contributed by atoms with E-state index in [4.69, 9.17) is 0 Å². The minimum absolute atomic E-state index is 0.202.